The van der Waals surface area contributed by atoms with E-state index in [1.54, 1.807) is 0 Å². The molecule has 1 aliphatic carbocycles. The van der Waals surface area contributed by atoms with Crippen molar-refractivity contribution in [2.75, 3.05) is 0 Å². The van der Waals surface area contributed by atoms with Crippen LogP contribution in [0.1, 0.15) is 35.7 Å². The molecule has 2 aromatic carbocycles. The average molecular weight is 369 g/mol. The number of amides is 1. The van der Waals surface area contributed by atoms with E-state index >= 15 is 0 Å². The summed E-state index contributed by atoms with van der Waals surface area (Å²) in [6.45, 7) is 0.0345. The molecular formula is C20H17F2N3O2. The van der Waals surface area contributed by atoms with Crippen molar-refractivity contribution in [3.8, 4) is 11.5 Å². The number of aromatic nitrogens is 2. The van der Waals surface area contributed by atoms with Crippen LogP contribution >= 0.6 is 0 Å². The molecule has 1 N–H and O–H groups in total. The largest absolute Gasteiger partial charge is 0.349 e. The van der Waals surface area contributed by atoms with Gasteiger partial charge in [0.2, 0.25) is 5.91 Å². The topological polar surface area (TPSA) is 68.0 Å². The van der Waals surface area contributed by atoms with Crippen molar-refractivity contribution in [1.82, 2.24) is 15.5 Å². The molecule has 5 nitrogen and oxygen atoms in total. The van der Waals surface area contributed by atoms with Crippen LogP contribution in [0.4, 0.5) is 8.78 Å². The van der Waals surface area contributed by atoms with Gasteiger partial charge in [-0.1, -0.05) is 35.5 Å². The lowest BCUT2D eigenvalue weighted by atomic mass is 9.97. The van der Waals surface area contributed by atoms with E-state index in [1.807, 2.05) is 12.1 Å². The first kappa shape index (κ1) is 17.3. The van der Waals surface area contributed by atoms with Gasteiger partial charge >= 0.3 is 0 Å². The second kappa shape index (κ2) is 7.26. The van der Waals surface area contributed by atoms with Crippen molar-refractivity contribution in [2.45, 2.75) is 31.7 Å². The van der Waals surface area contributed by atoms with Gasteiger partial charge in [0.15, 0.2) is 5.82 Å². The van der Waals surface area contributed by atoms with Gasteiger partial charge in [-0.2, -0.15) is 4.98 Å². The van der Waals surface area contributed by atoms with Gasteiger partial charge in [0.1, 0.15) is 17.2 Å². The molecule has 138 valence electrons. The summed E-state index contributed by atoms with van der Waals surface area (Å²) in [7, 11) is 0. The molecule has 0 radical (unpaired) electrons. The van der Waals surface area contributed by atoms with Crippen LogP contribution in [-0.2, 0) is 17.8 Å². The first-order valence-electron chi connectivity index (χ1n) is 8.73. The zero-order chi connectivity index (χ0) is 18.8. The zero-order valence-corrected chi connectivity index (χ0v) is 14.4. The number of fused-ring (bicyclic) bond motifs is 1. The van der Waals surface area contributed by atoms with Crippen molar-refractivity contribution < 1.29 is 18.1 Å². The van der Waals surface area contributed by atoms with Gasteiger partial charge in [0.05, 0.1) is 6.54 Å². The highest BCUT2D eigenvalue weighted by molar-refractivity contribution is 5.77. The summed E-state index contributed by atoms with van der Waals surface area (Å²) in [6, 6.07) is 11.6. The molecule has 1 atom stereocenters. The molecule has 3 aromatic rings. The molecule has 0 spiro atoms. The van der Waals surface area contributed by atoms with Crippen molar-refractivity contribution >= 4 is 5.91 Å². The molecule has 0 bridgehead atoms. The maximum atomic E-state index is 13.8. The summed E-state index contributed by atoms with van der Waals surface area (Å²) in [5.41, 5.74) is 2.15. The Kier molecular flexibility index (Phi) is 4.66. The molecule has 1 unspecified atom stereocenters. The number of benzene rings is 2. The zero-order valence-electron chi connectivity index (χ0n) is 14.4. The Morgan fingerprint density at radius 1 is 1.15 bits per heavy atom. The highest BCUT2D eigenvalue weighted by Gasteiger charge is 2.24. The van der Waals surface area contributed by atoms with Gasteiger partial charge in [0, 0.05) is 6.42 Å². The number of hydrogen-bond donors (Lipinski definition) is 1. The molecule has 1 aromatic heterocycles. The third-order valence-electron chi connectivity index (χ3n) is 4.78. The third kappa shape index (κ3) is 3.58. The van der Waals surface area contributed by atoms with E-state index in [9.17, 15) is 13.6 Å². The Bertz CT molecular complexity index is 967. The van der Waals surface area contributed by atoms with E-state index in [2.05, 4.69) is 27.6 Å². The molecule has 0 aliphatic heterocycles. The lowest BCUT2D eigenvalue weighted by Crippen LogP contribution is -2.24. The monoisotopic (exact) mass is 369 g/mol. The molecule has 1 aliphatic rings. The molecule has 7 heteroatoms. The molecule has 1 amide bonds. The highest BCUT2D eigenvalue weighted by atomic mass is 19.1. The van der Waals surface area contributed by atoms with Gasteiger partial charge in [-0.3, -0.25) is 4.79 Å². The Labute approximate surface area is 154 Å². The minimum absolute atomic E-state index is 0.0345. The Morgan fingerprint density at radius 2 is 1.93 bits per heavy atom. The van der Waals surface area contributed by atoms with Gasteiger partial charge in [-0.15, -0.1) is 0 Å². The van der Waals surface area contributed by atoms with Crippen LogP contribution < -0.4 is 5.32 Å². The van der Waals surface area contributed by atoms with Crippen LogP contribution in [0.15, 0.2) is 47.0 Å². The third-order valence-corrected chi connectivity index (χ3v) is 4.78. The maximum absolute atomic E-state index is 13.8. The van der Waals surface area contributed by atoms with Gasteiger partial charge in [-0.25, -0.2) is 8.78 Å². The Balaban J connectivity index is 1.37. The summed E-state index contributed by atoms with van der Waals surface area (Å²) >= 11 is 0. The van der Waals surface area contributed by atoms with E-state index in [-0.39, 0.29) is 35.6 Å². The van der Waals surface area contributed by atoms with Crippen LogP contribution in [0.3, 0.4) is 0 Å². The van der Waals surface area contributed by atoms with Crippen molar-refractivity contribution in [3.63, 3.8) is 0 Å². The number of nitrogens with zero attached hydrogens (tertiary/aromatic N) is 2. The predicted octanol–water partition coefficient (Wildman–Crippen LogP) is 3.75. The van der Waals surface area contributed by atoms with E-state index in [0.717, 1.165) is 25.0 Å². The lowest BCUT2D eigenvalue weighted by molar-refractivity contribution is -0.121. The molecule has 0 saturated carbocycles. The first-order chi connectivity index (χ1) is 13.1. The van der Waals surface area contributed by atoms with E-state index < -0.39 is 11.6 Å². The highest BCUT2D eigenvalue weighted by Crippen LogP contribution is 2.35. The molecule has 0 saturated heterocycles. The Hall–Kier alpha value is -3.09. The minimum atomic E-state index is -0.783. The summed E-state index contributed by atoms with van der Waals surface area (Å²) < 4.78 is 32.5. The van der Waals surface area contributed by atoms with Gasteiger partial charge in [0.25, 0.3) is 5.89 Å². The fourth-order valence-electron chi connectivity index (χ4n) is 3.46. The number of rotatable bonds is 5. The summed E-state index contributed by atoms with van der Waals surface area (Å²) in [4.78, 5) is 16.2. The molecular weight excluding hydrogens is 352 g/mol. The standard InChI is InChI=1S/C20H17F2N3O2/c21-15-6-3-7-16(22)19(15)20-24-17(25-27-20)11-23-18(26)10-13-9-8-12-4-1-2-5-14(12)13/h1-7,13H,8-11H2,(H,23,26). The minimum Gasteiger partial charge on any atom is -0.349 e. The molecule has 0 fully saturated rings. The van der Waals surface area contributed by atoms with Crippen molar-refractivity contribution in [1.29, 1.82) is 0 Å². The quantitative estimate of drug-likeness (QED) is 0.744. The summed E-state index contributed by atoms with van der Waals surface area (Å²) in [5.74, 6) is -1.58. The van der Waals surface area contributed by atoms with E-state index in [4.69, 9.17) is 4.52 Å². The number of halogens is 2. The Morgan fingerprint density at radius 3 is 2.74 bits per heavy atom. The van der Waals surface area contributed by atoms with Gasteiger partial charge in [-0.05, 0) is 42.0 Å². The van der Waals surface area contributed by atoms with Crippen molar-refractivity contribution in [3.05, 3.63) is 71.1 Å². The van der Waals surface area contributed by atoms with Crippen LogP contribution in [0.25, 0.3) is 11.5 Å². The fraction of sp³-hybridized carbons (Fsp3) is 0.250. The molecule has 1 heterocycles. The van der Waals surface area contributed by atoms with E-state index in [0.29, 0.717) is 6.42 Å². The number of aryl methyl sites for hydroxylation is 1. The number of hydrogen-bond acceptors (Lipinski definition) is 4. The molecule has 4 rings (SSSR count). The average Bonchev–Trinajstić information content (AvgIpc) is 3.28. The molecule has 27 heavy (non-hydrogen) atoms. The van der Waals surface area contributed by atoms with Crippen LogP contribution in [0.2, 0.25) is 0 Å². The fourth-order valence-corrected chi connectivity index (χ4v) is 3.46. The number of carbonyl (C=O) groups excluding carboxylic acids is 1. The summed E-state index contributed by atoms with van der Waals surface area (Å²) in [5, 5.41) is 6.42. The SMILES string of the molecule is O=C(CC1CCc2ccccc21)NCc1noc(-c2c(F)cccc2F)n1. The lowest BCUT2D eigenvalue weighted by Gasteiger charge is -2.10. The second-order valence-electron chi connectivity index (χ2n) is 6.53. The number of carbonyl (C=O) groups is 1. The van der Waals surface area contributed by atoms with Crippen LogP contribution in [0, 0.1) is 11.6 Å². The first-order valence-corrected chi connectivity index (χ1v) is 8.73. The van der Waals surface area contributed by atoms with Crippen LogP contribution in [0.5, 0.6) is 0 Å². The second-order valence-corrected chi connectivity index (χ2v) is 6.53. The van der Waals surface area contributed by atoms with Crippen molar-refractivity contribution in [2.24, 2.45) is 0 Å². The normalized spacial score (nSPS) is 15.6. The van der Waals surface area contributed by atoms with Gasteiger partial charge < -0.3 is 9.84 Å². The van der Waals surface area contributed by atoms with Crippen LogP contribution in [-0.4, -0.2) is 16.0 Å². The summed E-state index contributed by atoms with van der Waals surface area (Å²) in [6.07, 6.45) is 2.31. The smallest absolute Gasteiger partial charge is 0.263 e. The maximum Gasteiger partial charge on any atom is 0.263 e. The predicted molar refractivity (Wildman–Crippen MR) is 93.6 cm³/mol. The van der Waals surface area contributed by atoms with E-state index in [1.165, 1.54) is 17.2 Å². The number of nitrogens with one attached hydrogen (secondary N) is 1.